The van der Waals surface area contributed by atoms with Gasteiger partial charge in [0.2, 0.25) is 5.91 Å². The minimum Gasteiger partial charge on any atom is -0.339 e. The van der Waals surface area contributed by atoms with Crippen LogP contribution in [0.25, 0.3) is 0 Å². The predicted octanol–water partition coefficient (Wildman–Crippen LogP) is 0.196. The standard InChI is InChI=1S/C8H11NO2/c10-5-6-3-7-1-2-8(11)9(7)4-6/h5-7H,1-4H2/t6-,7-/m0/s1. The maximum Gasteiger partial charge on any atom is 0.222 e. The lowest BCUT2D eigenvalue weighted by molar-refractivity contribution is -0.128. The molecule has 2 aliphatic heterocycles. The van der Waals surface area contributed by atoms with E-state index in [1.165, 1.54) is 0 Å². The van der Waals surface area contributed by atoms with Crippen LogP contribution in [0, 0.1) is 5.92 Å². The van der Waals surface area contributed by atoms with Gasteiger partial charge in [-0.1, -0.05) is 0 Å². The highest BCUT2D eigenvalue weighted by Gasteiger charge is 2.39. The quantitative estimate of drug-likeness (QED) is 0.504. The maximum absolute atomic E-state index is 11.1. The summed E-state index contributed by atoms with van der Waals surface area (Å²) < 4.78 is 0. The van der Waals surface area contributed by atoms with Crippen molar-refractivity contribution in [3.05, 3.63) is 0 Å². The fourth-order valence-corrected chi connectivity index (χ4v) is 2.06. The van der Waals surface area contributed by atoms with Crippen LogP contribution in [0.5, 0.6) is 0 Å². The Hall–Kier alpha value is -0.860. The Labute approximate surface area is 65.4 Å². The molecule has 11 heavy (non-hydrogen) atoms. The molecule has 60 valence electrons. The van der Waals surface area contributed by atoms with E-state index in [4.69, 9.17) is 0 Å². The first-order valence-electron chi connectivity index (χ1n) is 4.06. The minimum absolute atomic E-state index is 0.115. The molecule has 0 saturated carbocycles. The zero-order chi connectivity index (χ0) is 7.84. The lowest BCUT2D eigenvalue weighted by Gasteiger charge is -2.13. The van der Waals surface area contributed by atoms with Gasteiger partial charge in [0, 0.05) is 24.9 Å². The van der Waals surface area contributed by atoms with Crippen molar-refractivity contribution in [2.24, 2.45) is 5.92 Å². The first-order chi connectivity index (χ1) is 5.31. The van der Waals surface area contributed by atoms with Gasteiger partial charge in [-0.3, -0.25) is 4.79 Å². The van der Waals surface area contributed by atoms with Crippen LogP contribution in [0.15, 0.2) is 0 Å². The molecular weight excluding hydrogens is 142 g/mol. The molecule has 3 heteroatoms. The molecule has 0 N–H and O–H groups in total. The summed E-state index contributed by atoms with van der Waals surface area (Å²) in [5.41, 5.74) is 0. The lowest BCUT2D eigenvalue weighted by atomic mass is 10.1. The van der Waals surface area contributed by atoms with Crippen molar-refractivity contribution in [2.75, 3.05) is 6.54 Å². The smallest absolute Gasteiger partial charge is 0.222 e. The molecule has 2 aliphatic rings. The van der Waals surface area contributed by atoms with E-state index in [1.807, 2.05) is 4.90 Å². The van der Waals surface area contributed by atoms with Crippen molar-refractivity contribution >= 4 is 12.2 Å². The Kier molecular flexibility index (Phi) is 1.44. The summed E-state index contributed by atoms with van der Waals surface area (Å²) in [6, 6.07) is 0.387. The third kappa shape index (κ3) is 0.951. The van der Waals surface area contributed by atoms with E-state index in [0.717, 1.165) is 19.1 Å². The average molecular weight is 153 g/mol. The number of aldehydes is 1. The molecular formula is C8H11NO2. The molecule has 3 nitrogen and oxygen atoms in total. The number of fused-ring (bicyclic) bond motifs is 1. The summed E-state index contributed by atoms with van der Waals surface area (Å²) in [5.74, 6) is 0.351. The third-order valence-corrected chi connectivity index (χ3v) is 2.65. The van der Waals surface area contributed by atoms with Crippen LogP contribution in [0.2, 0.25) is 0 Å². The van der Waals surface area contributed by atoms with Crippen molar-refractivity contribution in [1.82, 2.24) is 4.90 Å². The van der Waals surface area contributed by atoms with E-state index >= 15 is 0 Å². The third-order valence-electron chi connectivity index (χ3n) is 2.65. The van der Waals surface area contributed by atoms with Gasteiger partial charge in [-0.25, -0.2) is 0 Å². The van der Waals surface area contributed by atoms with Gasteiger partial charge in [0.25, 0.3) is 0 Å². The highest BCUT2D eigenvalue weighted by Crippen LogP contribution is 2.30. The van der Waals surface area contributed by atoms with Crippen LogP contribution >= 0.6 is 0 Å². The number of amides is 1. The first kappa shape index (κ1) is 6.83. The van der Waals surface area contributed by atoms with Crippen LogP contribution in [-0.4, -0.2) is 29.7 Å². The maximum atomic E-state index is 11.1. The molecule has 0 unspecified atom stereocenters. The Bertz CT molecular complexity index is 202. The molecule has 2 saturated heterocycles. The van der Waals surface area contributed by atoms with E-state index in [1.54, 1.807) is 0 Å². The number of nitrogens with zero attached hydrogens (tertiary/aromatic N) is 1. The van der Waals surface area contributed by atoms with Crippen molar-refractivity contribution in [3.8, 4) is 0 Å². The van der Waals surface area contributed by atoms with E-state index in [0.29, 0.717) is 19.0 Å². The molecule has 0 bridgehead atoms. The zero-order valence-electron chi connectivity index (χ0n) is 6.32. The highest BCUT2D eigenvalue weighted by atomic mass is 16.2. The molecule has 0 radical (unpaired) electrons. The second-order valence-corrected chi connectivity index (χ2v) is 3.37. The van der Waals surface area contributed by atoms with Gasteiger partial charge in [-0.15, -0.1) is 0 Å². The van der Waals surface area contributed by atoms with Crippen molar-refractivity contribution in [3.63, 3.8) is 0 Å². The van der Waals surface area contributed by atoms with Gasteiger partial charge in [0.05, 0.1) is 0 Å². The highest BCUT2D eigenvalue weighted by molar-refractivity contribution is 5.80. The number of hydrogen-bond donors (Lipinski definition) is 0. The SMILES string of the molecule is O=C[C@H]1C[C@@H]2CCC(=O)N2C1. The number of rotatable bonds is 1. The van der Waals surface area contributed by atoms with Crippen molar-refractivity contribution < 1.29 is 9.59 Å². The lowest BCUT2D eigenvalue weighted by Crippen LogP contribution is -2.27. The summed E-state index contributed by atoms with van der Waals surface area (Å²) in [7, 11) is 0. The summed E-state index contributed by atoms with van der Waals surface area (Å²) in [5, 5.41) is 0. The Morgan fingerprint density at radius 1 is 1.55 bits per heavy atom. The zero-order valence-corrected chi connectivity index (χ0v) is 6.32. The minimum atomic E-state index is 0.115. The summed E-state index contributed by atoms with van der Waals surface area (Å²) in [6.45, 7) is 0.674. The second kappa shape index (κ2) is 2.32. The fourth-order valence-electron chi connectivity index (χ4n) is 2.06. The summed E-state index contributed by atoms with van der Waals surface area (Å²) in [6.07, 6.45) is 3.53. The van der Waals surface area contributed by atoms with E-state index in [2.05, 4.69) is 0 Å². The van der Waals surface area contributed by atoms with Gasteiger partial charge in [0.15, 0.2) is 0 Å². The second-order valence-electron chi connectivity index (χ2n) is 3.37. The molecule has 1 amide bonds. The Morgan fingerprint density at radius 3 is 3.00 bits per heavy atom. The van der Waals surface area contributed by atoms with Crippen LogP contribution in [-0.2, 0) is 9.59 Å². The predicted molar refractivity (Wildman–Crippen MR) is 38.9 cm³/mol. The molecule has 2 atom stereocenters. The normalized spacial score (nSPS) is 36.0. The van der Waals surface area contributed by atoms with Gasteiger partial charge >= 0.3 is 0 Å². The van der Waals surface area contributed by atoms with Crippen LogP contribution in [0.1, 0.15) is 19.3 Å². The molecule has 2 rings (SSSR count). The molecule has 2 fully saturated rings. The topological polar surface area (TPSA) is 37.4 Å². The van der Waals surface area contributed by atoms with Gasteiger partial charge in [0.1, 0.15) is 6.29 Å². The van der Waals surface area contributed by atoms with E-state index in [9.17, 15) is 9.59 Å². The van der Waals surface area contributed by atoms with Crippen molar-refractivity contribution in [2.45, 2.75) is 25.3 Å². The molecule has 0 aromatic heterocycles. The Balaban J connectivity index is 2.09. The van der Waals surface area contributed by atoms with Gasteiger partial charge in [-0.05, 0) is 12.8 Å². The van der Waals surface area contributed by atoms with E-state index < -0.39 is 0 Å². The van der Waals surface area contributed by atoms with Gasteiger partial charge < -0.3 is 9.69 Å². The summed E-state index contributed by atoms with van der Waals surface area (Å²) >= 11 is 0. The Morgan fingerprint density at radius 2 is 2.36 bits per heavy atom. The van der Waals surface area contributed by atoms with E-state index in [-0.39, 0.29) is 11.8 Å². The van der Waals surface area contributed by atoms with Crippen LogP contribution in [0.4, 0.5) is 0 Å². The number of carbonyl (C=O) groups excluding carboxylic acids is 2. The molecule has 2 heterocycles. The van der Waals surface area contributed by atoms with Gasteiger partial charge in [-0.2, -0.15) is 0 Å². The molecule has 0 spiro atoms. The van der Waals surface area contributed by atoms with Crippen LogP contribution < -0.4 is 0 Å². The number of carbonyl (C=O) groups is 2. The van der Waals surface area contributed by atoms with Crippen LogP contribution in [0.3, 0.4) is 0 Å². The number of hydrogen-bond acceptors (Lipinski definition) is 2. The fraction of sp³-hybridized carbons (Fsp3) is 0.750. The molecule has 0 aromatic carbocycles. The molecule has 0 aliphatic carbocycles. The monoisotopic (exact) mass is 153 g/mol. The molecule has 0 aromatic rings. The summed E-state index contributed by atoms with van der Waals surface area (Å²) in [4.78, 5) is 23.4. The average Bonchev–Trinajstić information content (AvgIpc) is 2.53. The van der Waals surface area contributed by atoms with Crippen molar-refractivity contribution in [1.29, 1.82) is 0 Å². The first-order valence-corrected chi connectivity index (χ1v) is 4.06. The largest absolute Gasteiger partial charge is 0.339 e.